The number of furan rings is 1. The average molecular weight is 280 g/mol. The summed E-state index contributed by atoms with van der Waals surface area (Å²) in [5.41, 5.74) is 1.14. The molecule has 0 radical (unpaired) electrons. The predicted octanol–water partition coefficient (Wildman–Crippen LogP) is 2.94. The van der Waals surface area contributed by atoms with Crippen LogP contribution in [-0.4, -0.2) is 12.5 Å². The van der Waals surface area contributed by atoms with Crippen LogP contribution in [0.25, 0.3) is 0 Å². The summed E-state index contributed by atoms with van der Waals surface area (Å²) in [6, 6.07) is 10.9. The third kappa shape index (κ3) is 4.34. The van der Waals surface area contributed by atoms with Gasteiger partial charge in [0.15, 0.2) is 11.8 Å². The van der Waals surface area contributed by atoms with Crippen LogP contribution in [0.4, 0.5) is 0 Å². The Kier molecular flexibility index (Phi) is 4.47. The Balaban J connectivity index is 1.74. The van der Waals surface area contributed by atoms with Crippen molar-refractivity contribution in [3.63, 3.8) is 0 Å². The minimum absolute atomic E-state index is 0.0303. The Morgan fingerprint density at radius 2 is 2.00 bits per heavy atom. The largest absolute Gasteiger partial charge is 0.484 e. The van der Waals surface area contributed by atoms with E-state index in [0.717, 1.165) is 5.56 Å². The van der Waals surface area contributed by atoms with Gasteiger partial charge in [-0.15, -0.1) is 0 Å². The first-order valence-electron chi connectivity index (χ1n) is 5.84. The van der Waals surface area contributed by atoms with Crippen molar-refractivity contribution >= 4 is 17.5 Å². The maximum Gasteiger partial charge on any atom is 0.258 e. The first-order chi connectivity index (χ1) is 9.13. The van der Waals surface area contributed by atoms with Gasteiger partial charge in [0.05, 0.1) is 6.54 Å². The second-order valence-corrected chi connectivity index (χ2v) is 4.46. The lowest BCUT2D eigenvalue weighted by molar-refractivity contribution is -0.123. The van der Waals surface area contributed by atoms with Gasteiger partial charge >= 0.3 is 0 Å². The second-order valence-electron chi connectivity index (χ2n) is 4.08. The van der Waals surface area contributed by atoms with E-state index in [1.807, 2.05) is 31.2 Å². The monoisotopic (exact) mass is 279 g/mol. The van der Waals surface area contributed by atoms with Gasteiger partial charge in [0, 0.05) is 0 Å². The van der Waals surface area contributed by atoms with E-state index in [4.69, 9.17) is 20.8 Å². The highest BCUT2D eigenvalue weighted by molar-refractivity contribution is 6.28. The van der Waals surface area contributed by atoms with Crippen LogP contribution in [-0.2, 0) is 11.3 Å². The van der Waals surface area contributed by atoms with Gasteiger partial charge in [-0.25, -0.2) is 0 Å². The van der Waals surface area contributed by atoms with Gasteiger partial charge in [-0.2, -0.15) is 0 Å². The van der Waals surface area contributed by atoms with Crippen LogP contribution in [0.5, 0.6) is 5.75 Å². The Labute approximate surface area is 116 Å². The highest BCUT2D eigenvalue weighted by Crippen LogP contribution is 2.13. The van der Waals surface area contributed by atoms with Crippen LogP contribution in [0.2, 0.25) is 5.22 Å². The maximum absolute atomic E-state index is 11.6. The Morgan fingerprint density at radius 1 is 1.26 bits per heavy atom. The Hall–Kier alpha value is -1.94. The third-order valence-electron chi connectivity index (χ3n) is 2.48. The highest BCUT2D eigenvalue weighted by atomic mass is 35.5. The van der Waals surface area contributed by atoms with Gasteiger partial charge in [-0.3, -0.25) is 4.79 Å². The van der Waals surface area contributed by atoms with Gasteiger partial charge in [-0.1, -0.05) is 17.7 Å². The zero-order valence-electron chi connectivity index (χ0n) is 10.5. The molecule has 0 aliphatic carbocycles. The molecule has 2 rings (SSSR count). The molecule has 0 atom stereocenters. The SMILES string of the molecule is Cc1ccc(OCC(=O)NCc2ccc(Cl)o2)cc1. The highest BCUT2D eigenvalue weighted by Gasteiger charge is 2.05. The second kappa shape index (κ2) is 6.29. The van der Waals surface area contributed by atoms with Crippen molar-refractivity contribution in [3.05, 3.63) is 52.9 Å². The summed E-state index contributed by atoms with van der Waals surface area (Å²) in [5.74, 6) is 1.06. The lowest BCUT2D eigenvalue weighted by atomic mass is 10.2. The summed E-state index contributed by atoms with van der Waals surface area (Å²) in [7, 11) is 0. The number of carbonyl (C=O) groups is 1. The number of rotatable bonds is 5. The van der Waals surface area contributed by atoms with Crippen LogP contribution in [0, 0.1) is 6.92 Å². The first-order valence-corrected chi connectivity index (χ1v) is 6.21. The molecule has 1 amide bonds. The van der Waals surface area contributed by atoms with Gasteiger partial charge in [0.2, 0.25) is 0 Å². The van der Waals surface area contributed by atoms with Crippen molar-refractivity contribution in [1.29, 1.82) is 0 Å². The van der Waals surface area contributed by atoms with Gasteiger partial charge < -0.3 is 14.5 Å². The van der Waals surface area contributed by atoms with Crippen LogP contribution in [0.15, 0.2) is 40.8 Å². The molecule has 4 nitrogen and oxygen atoms in total. The molecular formula is C14H14ClNO3. The Morgan fingerprint density at radius 3 is 2.63 bits per heavy atom. The molecule has 100 valence electrons. The summed E-state index contributed by atoms with van der Waals surface area (Å²) >= 11 is 5.63. The molecule has 0 aliphatic heterocycles. The molecule has 0 spiro atoms. The minimum Gasteiger partial charge on any atom is -0.484 e. The fourth-order valence-corrected chi connectivity index (χ4v) is 1.63. The molecular weight excluding hydrogens is 266 g/mol. The van der Waals surface area contributed by atoms with Crippen molar-refractivity contribution in [1.82, 2.24) is 5.32 Å². The normalized spacial score (nSPS) is 10.2. The molecule has 19 heavy (non-hydrogen) atoms. The van der Waals surface area contributed by atoms with E-state index < -0.39 is 0 Å². The number of amides is 1. The van der Waals surface area contributed by atoms with E-state index in [-0.39, 0.29) is 12.5 Å². The molecule has 0 saturated carbocycles. The van der Waals surface area contributed by atoms with E-state index in [0.29, 0.717) is 23.3 Å². The third-order valence-corrected chi connectivity index (χ3v) is 2.68. The van der Waals surface area contributed by atoms with E-state index >= 15 is 0 Å². The smallest absolute Gasteiger partial charge is 0.258 e. The number of hydrogen-bond acceptors (Lipinski definition) is 3. The zero-order valence-corrected chi connectivity index (χ0v) is 11.2. The molecule has 0 aliphatic rings. The Bertz CT molecular complexity index is 548. The standard InChI is InChI=1S/C14H14ClNO3/c1-10-2-4-11(5-3-10)18-9-14(17)16-8-12-6-7-13(15)19-12/h2-7H,8-9H2,1H3,(H,16,17). The molecule has 1 heterocycles. The van der Waals surface area contributed by atoms with Crippen LogP contribution < -0.4 is 10.1 Å². The molecule has 1 N–H and O–H groups in total. The number of hydrogen-bond donors (Lipinski definition) is 1. The quantitative estimate of drug-likeness (QED) is 0.915. The van der Waals surface area contributed by atoms with Crippen LogP contribution >= 0.6 is 11.6 Å². The lowest BCUT2D eigenvalue weighted by Crippen LogP contribution is -2.28. The number of halogens is 1. The first kappa shape index (κ1) is 13.5. The summed E-state index contributed by atoms with van der Waals surface area (Å²) in [4.78, 5) is 11.6. The topological polar surface area (TPSA) is 51.5 Å². The van der Waals surface area contributed by atoms with Crippen LogP contribution in [0.3, 0.4) is 0 Å². The molecule has 1 aromatic heterocycles. The lowest BCUT2D eigenvalue weighted by Gasteiger charge is -2.06. The number of benzene rings is 1. The number of carbonyl (C=O) groups excluding carboxylic acids is 1. The molecule has 0 bridgehead atoms. The van der Waals surface area contributed by atoms with E-state index in [2.05, 4.69) is 5.32 Å². The van der Waals surface area contributed by atoms with Crippen molar-refractivity contribution in [2.24, 2.45) is 0 Å². The molecule has 0 unspecified atom stereocenters. The fraction of sp³-hybridized carbons (Fsp3) is 0.214. The molecule has 1 aromatic carbocycles. The average Bonchev–Trinajstić information content (AvgIpc) is 2.81. The maximum atomic E-state index is 11.6. The van der Waals surface area contributed by atoms with E-state index in [9.17, 15) is 4.79 Å². The molecule has 2 aromatic rings. The number of ether oxygens (including phenoxy) is 1. The van der Waals surface area contributed by atoms with Crippen molar-refractivity contribution in [2.45, 2.75) is 13.5 Å². The summed E-state index contributed by atoms with van der Waals surface area (Å²) in [6.07, 6.45) is 0. The van der Waals surface area contributed by atoms with Crippen molar-refractivity contribution < 1.29 is 13.9 Å². The zero-order chi connectivity index (χ0) is 13.7. The van der Waals surface area contributed by atoms with Crippen molar-refractivity contribution in [3.8, 4) is 5.75 Å². The summed E-state index contributed by atoms with van der Waals surface area (Å²) in [5, 5.41) is 2.98. The van der Waals surface area contributed by atoms with Crippen molar-refractivity contribution in [2.75, 3.05) is 6.61 Å². The van der Waals surface area contributed by atoms with Gasteiger partial charge in [0.1, 0.15) is 11.5 Å². The van der Waals surface area contributed by atoms with E-state index in [1.54, 1.807) is 12.1 Å². The van der Waals surface area contributed by atoms with Gasteiger partial charge in [0.25, 0.3) is 5.91 Å². The summed E-state index contributed by atoms with van der Waals surface area (Å²) in [6.45, 7) is 2.26. The van der Waals surface area contributed by atoms with Crippen LogP contribution in [0.1, 0.15) is 11.3 Å². The molecule has 0 saturated heterocycles. The summed E-state index contributed by atoms with van der Waals surface area (Å²) < 4.78 is 10.5. The fourth-order valence-electron chi connectivity index (χ4n) is 1.47. The predicted molar refractivity (Wildman–Crippen MR) is 72.2 cm³/mol. The van der Waals surface area contributed by atoms with E-state index in [1.165, 1.54) is 0 Å². The number of aryl methyl sites for hydroxylation is 1. The number of nitrogens with one attached hydrogen (secondary N) is 1. The molecule has 5 heteroatoms. The molecule has 0 fully saturated rings. The van der Waals surface area contributed by atoms with Gasteiger partial charge in [-0.05, 0) is 42.8 Å². The minimum atomic E-state index is -0.215.